The van der Waals surface area contributed by atoms with Gasteiger partial charge in [-0.15, -0.1) is 0 Å². The van der Waals surface area contributed by atoms with Crippen LogP contribution >= 0.6 is 15.9 Å². The van der Waals surface area contributed by atoms with Crippen LogP contribution in [-0.2, 0) is 25.9 Å². The van der Waals surface area contributed by atoms with Crippen LogP contribution in [0.2, 0.25) is 0 Å². The Morgan fingerprint density at radius 2 is 1.84 bits per heavy atom. The number of aromatic nitrogens is 2. The van der Waals surface area contributed by atoms with Crippen LogP contribution in [0.1, 0.15) is 54.0 Å². The van der Waals surface area contributed by atoms with Gasteiger partial charge in [-0.3, -0.25) is 14.3 Å². The normalized spacial score (nSPS) is 14.0. The van der Waals surface area contributed by atoms with E-state index in [4.69, 9.17) is 10.7 Å². The van der Waals surface area contributed by atoms with Gasteiger partial charge in [-0.2, -0.15) is 0 Å². The summed E-state index contributed by atoms with van der Waals surface area (Å²) in [5.74, 6) is 0.868. The molecule has 4 rings (SSSR count). The quantitative estimate of drug-likeness (QED) is 0.476. The molecule has 1 aliphatic carbocycles. The summed E-state index contributed by atoms with van der Waals surface area (Å²) in [5.41, 5.74) is 10.4. The highest BCUT2D eigenvalue weighted by molar-refractivity contribution is 9.10. The van der Waals surface area contributed by atoms with Gasteiger partial charge in [0.15, 0.2) is 0 Å². The molecular weight excluding hydrogens is 464 g/mol. The molecule has 3 aromatic rings. The third-order valence-corrected chi connectivity index (χ3v) is 6.77. The molecule has 5 nitrogen and oxygen atoms in total. The van der Waals surface area contributed by atoms with Crippen molar-refractivity contribution in [3.63, 3.8) is 0 Å². The van der Waals surface area contributed by atoms with E-state index in [1.807, 2.05) is 22.8 Å². The predicted octanol–water partition coefficient (Wildman–Crippen LogP) is 4.45. The Morgan fingerprint density at radius 3 is 2.53 bits per heavy atom. The average Bonchev–Trinajstić information content (AvgIpc) is 3.28. The second kappa shape index (κ2) is 10.6. The molecule has 2 aromatic carbocycles. The lowest BCUT2D eigenvalue weighted by Gasteiger charge is -2.32. The average molecular weight is 495 g/mol. The second-order valence-electron chi connectivity index (χ2n) is 8.44. The maximum Gasteiger partial charge on any atom is 0.257 e. The Morgan fingerprint density at radius 1 is 1.09 bits per heavy atom. The van der Waals surface area contributed by atoms with Gasteiger partial charge in [0.05, 0.1) is 18.3 Å². The Kier molecular flexibility index (Phi) is 7.55. The standard InChI is InChI=1S/C26H31BrN4O/c1-2-24(30(16-15-28)17-20-11-13-21(27)14-12-20)25-29-23-10-6-9-22(23)26(32)31(25)18-19-7-4-3-5-8-19/h3-5,7-8,11-14,24H,2,6,9-10,15-18,28H2,1H3. The molecular formula is C26H31BrN4O. The number of nitrogens with two attached hydrogens (primary N) is 1. The molecule has 0 radical (unpaired) electrons. The minimum atomic E-state index is 0.0181. The molecule has 0 spiro atoms. The van der Waals surface area contributed by atoms with E-state index in [9.17, 15) is 4.79 Å². The molecule has 2 N–H and O–H groups in total. The first-order chi connectivity index (χ1) is 15.6. The molecule has 168 valence electrons. The number of halogens is 1. The Bertz CT molecular complexity index is 1100. The van der Waals surface area contributed by atoms with E-state index < -0.39 is 0 Å². The zero-order valence-electron chi connectivity index (χ0n) is 18.6. The zero-order valence-corrected chi connectivity index (χ0v) is 20.2. The fourth-order valence-electron chi connectivity index (χ4n) is 4.66. The zero-order chi connectivity index (χ0) is 22.5. The molecule has 0 saturated carbocycles. The molecule has 1 heterocycles. The lowest BCUT2D eigenvalue weighted by Crippen LogP contribution is -2.38. The molecule has 32 heavy (non-hydrogen) atoms. The molecule has 0 amide bonds. The van der Waals surface area contributed by atoms with Gasteiger partial charge in [0, 0.05) is 29.7 Å². The first-order valence-corrected chi connectivity index (χ1v) is 12.2. The van der Waals surface area contributed by atoms with Gasteiger partial charge < -0.3 is 5.73 Å². The van der Waals surface area contributed by atoms with E-state index in [0.717, 1.165) is 65.9 Å². The van der Waals surface area contributed by atoms with Gasteiger partial charge in [0.1, 0.15) is 5.82 Å². The molecule has 6 heteroatoms. The van der Waals surface area contributed by atoms with Gasteiger partial charge in [-0.05, 0) is 48.9 Å². The Hall–Kier alpha value is -2.28. The topological polar surface area (TPSA) is 64.2 Å². The second-order valence-corrected chi connectivity index (χ2v) is 9.35. The van der Waals surface area contributed by atoms with Crippen molar-refractivity contribution in [2.45, 2.75) is 51.7 Å². The van der Waals surface area contributed by atoms with Crippen LogP contribution < -0.4 is 11.3 Å². The van der Waals surface area contributed by atoms with Crippen LogP contribution in [0.3, 0.4) is 0 Å². The Labute approximate surface area is 198 Å². The van der Waals surface area contributed by atoms with Crippen LogP contribution in [0.4, 0.5) is 0 Å². The van der Waals surface area contributed by atoms with Gasteiger partial charge in [-0.25, -0.2) is 4.98 Å². The summed E-state index contributed by atoms with van der Waals surface area (Å²) in [7, 11) is 0. The van der Waals surface area contributed by atoms with E-state index in [1.165, 1.54) is 5.56 Å². The van der Waals surface area contributed by atoms with Gasteiger partial charge in [0.2, 0.25) is 0 Å². The van der Waals surface area contributed by atoms with Crippen molar-refractivity contribution in [1.82, 2.24) is 14.5 Å². The Balaban J connectivity index is 1.76. The van der Waals surface area contributed by atoms with Crippen molar-refractivity contribution in [3.8, 4) is 0 Å². The number of hydrogen-bond acceptors (Lipinski definition) is 4. The predicted molar refractivity (Wildman–Crippen MR) is 133 cm³/mol. The van der Waals surface area contributed by atoms with Crippen molar-refractivity contribution in [2.75, 3.05) is 13.1 Å². The molecule has 1 atom stereocenters. The van der Waals surface area contributed by atoms with E-state index in [-0.39, 0.29) is 11.6 Å². The maximum atomic E-state index is 13.6. The molecule has 0 fully saturated rings. The van der Waals surface area contributed by atoms with Crippen molar-refractivity contribution in [3.05, 3.63) is 97.6 Å². The van der Waals surface area contributed by atoms with Crippen LogP contribution in [0.5, 0.6) is 0 Å². The summed E-state index contributed by atoms with van der Waals surface area (Å²) in [4.78, 5) is 21.0. The van der Waals surface area contributed by atoms with E-state index >= 15 is 0 Å². The van der Waals surface area contributed by atoms with Crippen molar-refractivity contribution in [1.29, 1.82) is 0 Å². The lowest BCUT2D eigenvalue weighted by molar-refractivity contribution is 0.175. The summed E-state index contributed by atoms with van der Waals surface area (Å²) in [5, 5.41) is 0. The first-order valence-electron chi connectivity index (χ1n) is 11.5. The van der Waals surface area contributed by atoms with Gasteiger partial charge >= 0.3 is 0 Å². The van der Waals surface area contributed by atoms with Crippen molar-refractivity contribution >= 4 is 15.9 Å². The number of aryl methyl sites for hydroxylation is 1. The van der Waals surface area contributed by atoms with Crippen LogP contribution in [0.15, 0.2) is 63.9 Å². The highest BCUT2D eigenvalue weighted by Crippen LogP contribution is 2.27. The summed E-state index contributed by atoms with van der Waals surface area (Å²) in [6.07, 6.45) is 3.59. The third-order valence-electron chi connectivity index (χ3n) is 6.24. The van der Waals surface area contributed by atoms with Crippen LogP contribution in [0, 0.1) is 0 Å². The highest BCUT2D eigenvalue weighted by Gasteiger charge is 2.28. The van der Waals surface area contributed by atoms with Crippen molar-refractivity contribution < 1.29 is 0 Å². The number of nitrogens with zero attached hydrogens (tertiary/aromatic N) is 3. The molecule has 0 saturated heterocycles. The molecule has 0 bridgehead atoms. The SMILES string of the molecule is CCC(c1nc2c(c(=O)n1Cc1ccccc1)CCC2)N(CCN)Cc1ccc(Br)cc1. The number of hydrogen-bond donors (Lipinski definition) is 1. The number of rotatable bonds is 9. The summed E-state index contributed by atoms with van der Waals surface area (Å²) >= 11 is 3.52. The fraction of sp³-hybridized carbons (Fsp3) is 0.385. The molecule has 0 aliphatic heterocycles. The van der Waals surface area contributed by atoms with E-state index in [1.54, 1.807) is 0 Å². The minimum absolute atomic E-state index is 0.0181. The summed E-state index contributed by atoms with van der Waals surface area (Å²) < 4.78 is 2.98. The highest BCUT2D eigenvalue weighted by atomic mass is 79.9. The van der Waals surface area contributed by atoms with Gasteiger partial charge in [0.25, 0.3) is 5.56 Å². The van der Waals surface area contributed by atoms with E-state index in [0.29, 0.717) is 13.1 Å². The maximum absolute atomic E-state index is 13.6. The number of benzene rings is 2. The smallest absolute Gasteiger partial charge is 0.257 e. The summed E-state index contributed by atoms with van der Waals surface area (Å²) in [6, 6.07) is 18.6. The molecule has 1 unspecified atom stereocenters. The fourth-order valence-corrected chi connectivity index (χ4v) is 4.92. The largest absolute Gasteiger partial charge is 0.329 e. The first kappa shape index (κ1) is 22.9. The molecule has 1 aliphatic rings. The monoisotopic (exact) mass is 494 g/mol. The van der Waals surface area contributed by atoms with Crippen molar-refractivity contribution in [2.24, 2.45) is 5.73 Å². The third kappa shape index (κ3) is 5.03. The van der Waals surface area contributed by atoms with E-state index in [2.05, 4.69) is 64.2 Å². The van der Waals surface area contributed by atoms with Crippen LogP contribution in [0.25, 0.3) is 0 Å². The molecule has 1 aromatic heterocycles. The lowest BCUT2D eigenvalue weighted by atomic mass is 10.1. The van der Waals surface area contributed by atoms with Gasteiger partial charge in [-0.1, -0.05) is 65.3 Å². The minimum Gasteiger partial charge on any atom is -0.329 e. The summed E-state index contributed by atoms with van der Waals surface area (Å²) in [6.45, 7) is 4.78. The van der Waals surface area contributed by atoms with Crippen LogP contribution in [-0.4, -0.2) is 27.5 Å². The number of fused-ring (bicyclic) bond motifs is 1.